The lowest BCUT2D eigenvalue weighted by molar-refractivity contribution is -0.150. The van der Waals surface area contributed by atoms with E-state index in [1.807, 2.05) is 13.8 Å². The topological polar surface area (TPSA) is 49.4 Å². The summed E-state index contributed by atoms with van der Waals surface area (Å²) in [7, 11) is 0. The number of amides is 2. The maximum atomic E-state index is 12.2. The van der Waals surface area contributed by atoms with Crippen LogP contribution in [0.3, 0.4) is 0 Å². The number of rotatable bonds is 6. The lowest BCUT2D eigenvalue weighted by Crippen LogP contribution is -2.64. The molecule has 4 heteroatoms. The highest BCUT2D eigenvalue weighted by atomic mass is 16.2. The largest absolute Gasteiger partial charge is 0.343 e. The van der Waals surface area contributed by atoms with Gasteiger partial charge in [-0.25, -0.2) is 0 Å². The molecule has 0 radical (unpaired) electrons. The summed E-state index contributed by atoms with van der Waals surface area (Å²) >= 11 is 0. The average Bonchev–Trinajstić information content (AvgIpc) is 2.29. The molecule has 2 amide bonds. The second kappa shape index (κ2) is 6.92. The summed E-state index contributed by atoms with van der Waals surface area (Å²) in [4.78, 5) is 26.0. The Hall–Kier alpha value is -1.06. The number of piperazine rings is 1. The van der Waals surface area contributed by atoms with Crippen LogP contribution in [0.25, 0.3) is 0 Å². The summed E-state index contributed by atoms with van der Waals surface area (Å²) in [5, 5.41) is 2.77. The molecule has 1 rings (SSSR count). The summed E-state index contributed by atoms with van der Waals surface area (Å²) in [5.74, 6) is 0.899. The van der Waals surface area contributed by atoms with Gasteiger partial charge >= 0.3 is 0 Å². The van der Waals surface area contributed by atoms with Gasteiger partial charge in [-0.15, -0.1) is 0 Å². The van der Waals surface area contributed by atoms with E-state index in [0.717, 1.165) is 12.8 Å². The van der Waals surface area contributed by atoms with E-state index in [2.05, 4.69) is 19.2 Å². The minimum Gasteiger partial charge on any atom is -0.343 e. The smallest absolute Gasteiger partial charge is 0.245 e. The van der Waals surface area contributed by atoms with Crippen molar-refractivity contribution in [2.24, 2.45) is 11.8 Å². The Morgan fingerprint density at radius 3 is 2.32 bits per heavy atom. The molecule has 1 aliphatic heterocycles. The Bertz CT molecular complexity index is 326. The van der Waals surface area contributed by atoms with Crippen LogP contribution in [0.4, 0.5) is 0 Å². The molecule has 0 aliphatic carbocycles. The maximum absolute atomic E-state index is 12.2. The fourth-order valence-electron chi connectivity index (χ4n) is 2.63. The van der Waals surface area contributed by atoms with Crippen LogP contribution < -0.4 is 5.32 Å². The molecule has 0 aromatic rings. The molecule has 0 aromatic carbocycles. The van der Waals surface area contributed by atoms with Crippen molar-refractivity contribution in [2.75, 3.05) is 6.54 Å². The molecule has 0 bridgehead atoms. The quantitative estimate of drug-likeness (QED) is 0.751. The Morgan fingerprint density at radius 2 is 1.79 bits per heavy atom. The first-order valence-corrected chi connectivity index (χ1v) is 7.45. The van der Waals surface area contributed by atoms with E-state index in [4.69, 9.17) is 0 Å². The van der Waals surface area contributed by atoms with E-state index in [1.54, 1.807) is 11.8 Å². The van der Waals surface area contributed by atoms with E-state index in [0.29, 0.717) is 12.5 Å². The van der Waals surface area contributed by atoms with Crippen LogP contribution in [0.2, 0.25) is 0 Å². The van der Waals surface area contributed by atoms with Crippen LogP contribution >= 0.6 is 0 Å². The Labute approximate surface area is 116 Å². The third-order valence-corrected chi connectivity index (χ3v) is 3.68. The molecule has 4 nitrogen and oxygen atoms in total. The Morgan fingerprint density at radius 1 is 1.16 bits per heavy atom. The van der Waals surface area contributed by atoms with Crippen molar-refractivity contribution in [3.8, 4) is 0 Å². The number of nitrogens with one attached hydrogen (secondary N) is 1. The molecule has 2 unspecified atom stereocenters. The summed E-state index contributed by atoms with van der Waals surface area (Å²) in [5.41, 5.74) is 0. The maximum Gasteiger partial charge on any atom is 0.245 e. The average molecular weight is 268 g/mol. The van der Waals surface area contributed by atoms with Gasteiger partial charge in [0.15, 0.2) is 0 Å². The third-order valence-electron chi connectivity index (χ3n) is 3.68. The van der Waals surface area contributed by atoms with E-state index in [-0.39, 0.29) is 29.8 Å². The number of hydrogen-bond acceptors (Lipinski definition) is 2. The van der Waals surface area contributed by atoms with E-state index < -0.39 is 0 Å². The molecule has 2 atom stereocenters. The monoisotopic (exact) mass is 268 g/mol. The molecule has 110 valence electrons. The zero-order valence-electron chi connectivity index (χ0n) is 12.9. The molecule has 1 fully saturated rings. The number of carbonyl (C=O) groups excluding carboxylic acids is 2. The van der Waals surface area contributed by atoms with Crippen LogP contribution in [0, 0.1) is 11.8 Å². The first-order valence-electron chi connectivity index (χ1n) is 7.45. The molecule has 1 heterocycles. The van der Waals surface area contributed by atoms with Crippen LogP contribution in [0.1, 0.15) is 53.9 Å². The molecule has 1 N–H and O–H groups in total. The van der Waals surface area contributed by atoms with E-state index >= 15 is 0 Å². The predicted molar refractivity (Wildman–Crippen MR) is 76.6 cm³/mol. The number of hydrogen-bond donors (Lipinski definition) is 1. The van der Waals surface area contributed by atoms with Crippen molar-refractivity contribution in [1.82, 2.24) is 10.2 Å². The molecule has 19 heavy (non-hydrogen) atoms. The third kappa shape index (κ3) is 4.22. The highest BCUT2D eigenvalue weighted by Gasteiger charge is 2.39. The minimum absolute atomic E-state index is 0.00837. The van der Waals surface area contributed by atoms with Gasteiger partial charge < -0.3 is 10.2 Å². The molecule has 0 spiro atoms. The van der Waals surface area contributed by atoms with E-state index in [1.165, 1.54) is 6.42 Å². The Balaban J connectivity index is 2.62. The van der Waals surface area contributed by atoms with Gasteiger partial charge in [0.1, 0.15) is 12.1 Å². The standard InChI is InChI=1S/C15H28N2O2/c1-10(2)8-6-7-9-17-13(11(3)4)14(18)16-12(5)15(17)19/h10-13H,6-9H2,1-5H3,(H,16,18). The molecular formula is C15H28N2O2. The fourth-order valence-corrected chi connectivity index (χ4v) is 2.63. The van der Waals surface area contributed by atoms with Gasteiger partial charge in [-0.2, -0.15) is 0 Å². The van der Waals surface area contributed by atoms with Crippen molar-refractivity contribution in [3.05, 3.63) is 0 Å². The van der Waals surface area contributed by atoms with Gasteiger partial charge in [0.05, 0.1) is 0 Å². The van der Waals surface area contributed by atoms with E-state index in [9.17, 15) is 9.59 Å². The number of carbonyl (C=O) groups is 2. The summed E-state index contributed by atoms with van der Waals surface area (Å²) in [6.07, 6.45) is 3.27. The normalized spacial score (nSPS) is 24.3. The van der Waals surface area contributed by atoms with Crippen molar-refractivity contribution in [1.29, 1.82) is 0 Å². The summed E-state index contributed by atoms with van der Waals surface area (Å²) in [6, 6.07) is -0.685. The SMILES string of the molecule is CC(C)CCCCN1C(=O)C(C)NC(=O)C1C(C)C. The highest BCUT2D eigenvalue weighted by molar-refractivity contribution is 5.96. The van der Waals surface area contributed by atoms with Crippen LogP contribution in [0.15, 0.2) is 0 Å². The predicted octanol–water partition coefficient (Wildman–Crippen LogP) is 2.18. The molecule has 1 aliphatic rings. The van der Waals surface area contributed by atoms with Gasteiger partial charge in [-0.1, -0.05) is 40.5 Å². The second-order valence-corrected chi connectivity index (χ2v) is 6.34. The lowest BCUT2D eigenvalue weighted by Gasteiger charge is -2.40. The zero-order chi connectivity index (χ0) is 14.6. The zero-order valence-corrected chi connectivity index (χ0v) is 12.9. The molecular weight excluding hydrogens is 240 g/mol. The molecule has 1 saturated heterocycles. The fraction of sp³-hybridized carbons (Fsp3) is 0.867. The van der Waals surface area contributed by atoms with Crippen LogP contribution in [-0.4, -0.2) is 35.3 Å². The first kappa shape index (κ1) is 16.0. The van der Waals surface area contributed by atoms with Crippen molar-refractivity contribution in [2.45, 2.75) is 66.0 Å². The minimum atomic E-state index is -0.382. The molecule has 0 aromatic heterocycles. The van der Waals surface area contributed by atoms with Crippen molar-refractivity contribution >= 4 is 11.8 Å². The van der Waals surface area contributed by atoms with Gasteiger partial charge in [-0.3, -0.25) is 9.59 Å². The van der Waals surface area contributed by atoms with Crippen LogP contribution in [0.5, 0.6) is 0 Å². The first-order chi connectivity index (χ1) is 8.84. The van der Waals surface area contributed by atoms with Crippen molar-refractivity contribution in [3.63, 3.8) is 0 Å². The number of nitrogens with zero attached hydrogens (tertiary/aromatic N) is 1. The van der Waals surface area contributed by atoms with Gasteiger partial charge in [0.25, 0.3) is 0 Å². The summed E-state index contributed by atoms with van der Waals surface area (Å²) < 4.78 is 0. The van der Waals surface area contributed by atoms with Crippen LogP contribution in [-0.2, 0) is 9.59 Å². The van der Waals surface area contributed by atoms with Gasteiger partial charge in [-0.05, 0) is 25.2 Å². The summed E-state index contributed by atoms with van der Waals surface area (Å²) in [6.45, 7) is 10.9. The van der Waals surface area contributed by atoms with Crippen molar-refractivity contribution < 1.29 is 9.59 Å². The number of unbranched alkanes of at least 4 members (excludes halogenated alkanes) is 1. The second-order valence-electron chi connectivity index (χ2n) is 6.34. The molecule has 0 saturated carbocycles. The van der Waals surface area contributed by atoms with Gasteiger partial charge in [0.2, 0.25) is 11.8 Å². The lowest BCUT2D eigenvalue weighted by atomic mass is 9.96. The van der Waals surface area contributed by atoms with Gasteiger partial charge in [0, 0.05) is 6.54 Å². The Kier molecular flexibility index (Phi) is 5.83. The highest BCUT2D eigenvalue weighted by Crippen LogP contribution is 2.18.